The number of benzene rings is 2. The van der Waals surface area contributed by atoms with Crippen LogP contribution in [0.15, 0.2) is 42.6 Å². The second-order valence-corrected chi connectivity index (χ2v) is 6.21. The Morgan fingerprint density at radius 3 is 2.92 bits per heavy atom. The molecule has 0 unspecified atom stereocenters. The Morgan fingerprint density at radius 2 is 2.08 bits per heavy atom. The van der Waals surface area contributed by atoms with Crippen LogP contribution >= 0.6 is 0 Å². The fourth-order valence-corrected chi connectivity index (χ4v) is 3.00. The van der Waals surface area contributed by atoms with Crippen molar-refractivity contribution in [1.29, 1.82) is 0 Å². The molecule has 7 heteroatoms. The van der Waals surface area contributed by atoms with Gasteiger partial charge in [0.2, 0.25) is 6.79 Å². The highest BCUT2D eigenvalue weighted by molar-refractivity contribution is 5.92. The summed E-state index contributed by atoms with van der Waals surface area (Å²) in [5.41, 5.74) is 2.73. The number of nitrogens with zero attached hydrogens (tertiary/aromatic N) is 3. The summed E-state index contributed by atoms with van der Waals surface area (Å²) in [6.07, 6.45) is 1.83. The largest absolute Gasteiger partial charge is 0.454 e. The van der Waals surface area contributed by atoms with Crippen molar-refractivity contribution in [2.75, 3.05) is 19.2 Å². The van der Waals surface area contributed by atoms with Crippen molar-refractivity contribution in [2.45, 2.75) is 20.0 Å². The second kappa shape index (κ2) is 6.59. The Labute approximate surface area is 151 Å². The number of carbonyl (C=O) groups excluding carboxylic acids is 1. The number of anilines is 1. The second-order valence-electron chi connectivity index (χ2n) is 6.21. The van der Waals surface area contributed by atoms with Crippen molar-refractivity contribution in [3.8, 4) is 11.5 Å². The average molecular weight is 352 g/mol. The maximum atomic E-state index is 12.5. The van der Waals surface area contributed by atoms with Crippen LogP contribution in [0.1, 0.15) is 12.5 Å². The lowest BCUT2D eigenvalue weighted by atomic mass is 10.2. The van der Waals surface area contributed by atoms with Crippen LogP contribution in [0.3, 0.4) is 0 Å². The molecule has 0 saturated heterocycles. The number of hydrogen-bond donors (Lipinski definition) is 1. The van der Waals surface area contributed by atoms with Crippen molar-refractivity contribution in [3.05, 3.63) is 48.2 Å². The van der Waals surface area contributed by atoms with Gasteiger partial charge in [-0.3, -0.25) is 4.68 Å². The molecule has 2 heterocycles. The monoisotopic (exact) mass is 352 g/mol. The molecule has 0 saturated carbocycles. The Kier molecular flexibility index (Phi) is 4.12. The summed E-state index contributed by atoms with van der Waals surface area (Å²) < 4.78 is 12.6. The summed E-state index contributed by atoms with van der Waals surface area (Å²) in [5, 5.41) is 8.32. The normalized spacial score (nSPS) is 12.4. The molecule has 0 radical (unpaired) electrons. The molecule has 1 aliphatic rings. The highest BCUT2D eigenvalue weighted by Crippen LogP contribution is 2.32. The van der Waals surface area contributed by atoms with Gasteiger partial charge in [-0.2, -0.15) is 5.10 Å². The van der Waals surface area contributed by atoms with E-state index in [0.29, 0.717) is 6.54 Å². The molecule has 134 valence electrons. The summed E-state index contributed by atoms with van der Waals surface area (Å²) in [7, 11) is 1.76. The van der Waals surface area contributed by atoms with Gasteiger partial charge in [0, 0.05) is 31.2 Å². The number of amides is 2. The van der Waals surface area contributed by atoms with Gasteiger partial charge in [0.05, 0.1) is 11.7 Å². The standard InChI is InChI=1S/C19H20N4O3/c1-3-23-16-9-15(6-5-14(16)10-20-23)21-19(24)22(2)11-13-4-7-17-18(8-13)26-12-25-17/h4-10H,3,11-12H2,1-2H3,(H,21,24). The highest BCUT2D eigenvalue weighted by Gasteiger charge is 2.15. The SMILES string of the molecule is CCn1ncc2ccc(NC(=O)N(C)Cc3ccc4c(c3)OCO4)cc21. The minimum atomic E-state index is -0.176. The lowest BCUT2D eigenvalue weighted by Crippen LogP contribution is -2.30. The molecule has 0 fully saturated rings. The number of nitrogens with one attached hydrogen (secondary N) is 1. The maximum absolute atomic E-state index is 12.5. The molecule has 0 atom stereocenters. The number of hydrogen-bond acceptors (Lipinski definition) is 4. The lowest BCUT2D eigenvalue weighted by molar-refractivity contribution is 0.174. The topological polar surface area (TPSA) is 68.6 Å². The quantitative estimate of drug-likeness (QED) is 0.781. The lowest BCUT2D eigenvalue weighted by Gasteiger charge is -2.18. The van der Waals surface area contributed by atoms with Crippen LogP contribution in [0.25, 0.3) is 10.9 Å². The molecule has 1 aliphatic heterocycles. The predicted octanol–water partition coefficient (Wildman–Crippen LogP) is 3.45. The Morgan fingerprint density at radius 1 is 1.23 bits per heavy atom. The Bertz CT molecular complexity index is 967. The molecule has 7 nitrogen and oxygen atoms in total. The van der Waals surface area contributed by atoms with E-state index in [1.807, 2.05) is 54.2 Å². The number of ether oxygens (including phenoxy) is 2. The molecule has 2 aromatic carbocycles. The van der Waals surface area contributed by atoms with Crippen LogP contribution in [0, 0.1) is 0 Å². The van der Waals surface area contributed by atoms with Gasteiger partial charge in [-0.25, -0.2) is 4.79 Å². The number of fused-ring (bicyclic) bond motifs is 2. The number of rotatable bonds is 4. The van der Waals surface area contributed by atoms with E-state index >= 15 is 0 Å². The molecule has 3 aromatic rings. The number of aromatic nitrogens is 2. The fraction of sp³-hybridized carbons (Fsp3) is 0.263. The molecule has 0 bridgehead atoms. The van der Waals surface area contributed by atoms with Gasteiger partial charge in [0.25, 0.3) is 0 Å². The minimum Gasteiger partial charge on any atom is -0.454 e. The van der Waals surface area contributed by atoms with E-state index in [0.717, 1.165) is 40.2 Å². The van der Waals surface area contributed by atoms with Crippen LogP contribution in [0.5, 0.6) is 11.5 Å². The highest BCUT2D eigenvalue weighted by atomic mass is 16.7. The summed E-state index contributed by atoms with van der Waals surface area (Å²) in [6.45, 7) is 3.53. The van der Waals surface area contributed by atoms with Crippen LogP contribution in [0.4, 0.5) is 10.5 Å². The zero-order valence-corrected chi connectivity index (χ0v) is 14.7. The molecule has 1 aromatic heterocycles. The zero-order chi connectivity index (χ0) is 18.1. The summed E-state index contributed by atoms with van der Waals surface area (Å²) in [5.74, 6) is 1.45. The number of urea groups is 1. The first-order valence-electron chi connectivity index (χ1n) is 8.50. The van der Waals surface area contributed by atoms with Gasteiger partial charge >= 0.3 is 6.03 Å². The van der Waals surface area contributed by atoms with Crippen molar-refractivity contribution in [1.82, 2.24) is 14.7 Å². The van der Waals surface area contributed by atoms with E-state index in [9.17, 15) is 4.79 Å². The third-order valence-electron chi connectivity index (χ3n) is 4.40. The van der Waals surface area contributed by atoms with Crippen LogP contribution in [-0.4, -0.2) is 34.6 Å². The molecule has 4 rings (SSSR count). The first-order valence-corrected chi connectivity index (χ1v) is 8.50. The van der Waals surface area contributed by atoms with Crippen molar-refractivity contribution in [3.63, 3.8) is 0 Å². The Hall–Kier alpha value is -3.22. The van der Waals surface area contributed by atoms with Gasteiger partial charge in [0.1, 0.15) is 0 Å². The van der Waals surface area contributed by atoms with E-state index in [1.165, 1.54) is 0 Å². The summed E-state index contributed by atoms with van der Waals surface area (Å²) in [4.78, 5) is 14.1. The fourth-order valence-electron chi connectivity index (χ4n) is 3.00. The van der Waals surface area contributed by atoms with E-state index in [-0.39, 0.29) is 12.8 Å². The van der Waals surface area contributed by atoms with Crippen molar-refractivity contribution < 1.29 is 14.3 Å². The molecular formula is C19H20N4O3. The smallest absolute Gasteiger partial charge is 0.321 e. The van der Waals surface area contributed by atoms with E-state index in [1.54, 1.807) is 11.9 Å². The van der Waals surface area contributed by atoms with Crippen LogP contribution < -0.4 is 14.8 Å². The van der Waals surface area contributed by atoms with Crippen molar-refractivity contribution in [2.24, 2.45) is 0 Å². The van der Waals surface area contributed by atoms with E-state index in [2.05, 4.69) is 10.4 Å². The third-order valence-corrected chi connectivity index (χ3v) is 4.40. The van der Waals surface area contributed by atoms with E-state index < -0.39 is 0 Å². The van der Waals surface area contributed by atoms with Gasteiger partial charge in [-0.15, -0.1) is 0 Å². The van der Waals surface area contributed by atoms with Crippen LogP contribution in [-0.2, 0) is 13.1 Å². The minimum absolute atomic E-state index is 0.176. The van der Waals surface area contributed by atoms with Gasteiger partial charge in [-0.1, -0.05) is 6.07 Å². The molecular weight excluding hydrogens is 332 g/mol. The summed E-state index contributed by atoms with van der Waals surface area (Å²) >= 11 is 0. The van der Waals surface area contributed by atoms with Gasteiger partial charge < -0.3 is 19.7 Å². The maximum Gasteiger partial charge on any atom is 0.321 e. The zero-order valence-electron chi connectivity index (χ0n) is 14.7. The van der Waals surface area contributed by atoms with E-state index in [4.69, 9.17) is 9.47 Å². The summed E-state index contributed by atoms with van der Waals surface area (Å²) in [6, 6.07) is 11.3. The van der Waals surface area contributed by atoms with Gasteiger partial charge in [-0.05, 0) is 42.8 Å². The molecule has 0 spiro atoms. The molecule has 1 N–H and O–H groups in total. The first-order chi connectivity index (χ1) is 12.6. The predicted molar refractivity (Wildman–Crippen MR) is 98.5 cm³/mol. The van der Waals surface area contributed by atoms with Gasteiger partial charge in [0.15, 0.2) is 11.5 Å². The molecule has 2 amide bonds. The average Bonchev–Trinajstić information content (AvgIpc) is 3.27. The van der Waals surface area contributed by atoms with Crippen LogP contribution in [0.2, 0.25) is 0 Å². The number of carbonyl (C=O) groups is 1. The third kappa shape index (κ3) is 3.03. The van der Waals surface area contributed by atoms with Crippen molar-refractivity contribution >= 4 is 22.6 Å². The first kappa shape index (κ1) is 16.3. The number of aryl methyl sites for hydroxylation is 1. The molecule has 26 heavy (non-hydrogen) atoms. The Balaban J connectivity index is 1.45. The molecule has 0 aliphatic carbocycles.